The van der Waals surface area contributed by atoms with Gasteiger partial charge in [0.1, 0.15) is 6.10 Å². The van der Waals surface area contributed by atoms with Gasteiger partial charge in [0.2, 0.25) is 0 Å². The van der Waals surface area contributed by atoms with Crippen LogP contribution in [-0.4, -0.2) is 25.9 Å². The van der Waals surface area contributed by atoms with Crippen molar-refractivity contribution in [1.29, 1.82) is 0 Å². The highest BCUT2D eigenvalue weighted by Crippen LogP contribution is 2.39. The van der Waals surface area contributed by atoms with Gasteiger partial charge in [-0.15, -0.1) is 0 Å². The summed E-state index contributed by atoms with van der Waals surface area (Å²) in [7, 11) is 0. The number of hydrogen-bond acceptors (Lipinski definition) is 2. The summed E-state index contributed by atoms with van der Waals surface area (Å²) in [5.74, 6) is 0. The second-order valence-corrected chi connectivity index (χ2v) is 5.51. The van der Waals surface area contributed by atoms with Crippen molar-refractivity contribution in [3.05, 3.63) is 0 Å². The number of rotatable bonds is 6. The number of ether oxygens (including phenoxy) is 2. The van der Waals surface area contributed by atoms with Gasteiger partial charge in [0.15, 0.2) is 0 Å². The molecule has 0 amide bonds. The van der Waals surface area contributed by atoms with Crippen LogP contribution < -0.4 is 0 Å². The van der Waals surface area contributed by atoms with Gasteiger partial charge in [-0.3, -0.25) is 0 Å². The quantitative estimate of drug-likeness (QED) is 0.498. The Morgan fingerprint density at radius 3 is 2.67 bits per heavy atom. The van der Waals surface area contributed by atoms with E-state index in [-0.39, 0.29) is 0 Å². The van der Waals surface area contributed by atoms with Gasteiger partial charge in [0.05, 0.1) is 13.2 Å². The van der Waals surface area contributed by atoms with E-state index in [1.807, 2.05) is 0 Å². The maximum absolute atomic E-state index is 5.57. The molecule has 2 fully saturated rings. The molecule has 2 nitrogen and oxygen atoms in total. The topological polar surface area (TPSA) is 21.8 Å². The third kappa shape index (κ3) is 4.12. The maximum Gasteiger partial charge on any atom is 0.104 e. The zero-order chi connectivity index (χ0) is 10.6. The molecule has 2 heteroatoms. The molecule has 1 heterocycles. The van der Waals surface area contributed by atoms with Gasteiger partial charge < -0.3 is 9.47 Å². The van der Waals surface area contributed by atoms with Gasteiger partial charge in [0, 0.05) is 6.61 Å². The Bertz CT molecular complexity index is 181. The van der Waals surface area contributed by atoms with Crippen LogP contribution in [0.5, 0.6) is 0 Å². The molecule has 1 saturated carbocycles. The second-order valence-electron chi connectivity index (χ2n) is 5.51. The molecular weight excluding hydrogens is 188 g/mol. The summed E-state index contributed by atoms with van der Waals surface area (Å²) < 4.78 is 10.7. The smallest absolute Gasteiger partial charge is 0.104 e. The molecule has 1 saturated heterocycles. The average Bonchev–Trinajstić information content (AvgIpc) is 3.02. The molecule has 15 heavy (non-hydrogen) atoms. The molecule has 0 aromatic carbocycles. The van der Waals surface area contributed by atoms with E-state index >= 15 is 0 Å². The van der Waals surface area contributed by atoms with Crippen LogP contribution in [0, 0.1) is 5.41 Å². The van der Waals surface area contributed by atoms with Gasteiger partial charge in [-0.1, -0.05) is 26.2 Å². The van der Waals surface area contributed by atoms with Crippen LogP contribution in [0.3, 0.4) is 0 Å². The molecule has 0 radical (unpaired) electrons. The highest BCUT2D eigenvalue weighted by Gasteiger charge is 2.26. The molecule has 0 N–H and O–H groups in total. The molecule has 0 spiro atoms. The van der Waals surface area contributed by atoms with Crippen molar-refractivity contribution < 1.29 is 9.47 Å². The highest BCUT2D eigenvalue weighted by atomic mass is 16.6. The maximum atomic E-state index is 5.57. The van der Waals surface area contributed by atoms with E-state index in [0.717, 1.165) is 19.8 Å². The van der Waals surface area contributed by atoms with Gasteiger partial charge in [-0.2, -0.15) is 0 Å². The van der Waals surface area contributed by atoms with Crippen molar-refractivity contribution in [2.45, 2.75) is 58.0 Å². The third-order valence-corrected chi connectivity index (χ3v) is 3.84. The Kier molecular flexibility index (Phi) is 4.04. The SMILES string of the molecule is CC1(CCCOCC2CO2)CCCCC1. The predicted octanol–water partition coefficient (Wildman–Crippen LogP) is 3.15. The molecule has 1 atom stereocenters. The zero-order valence-electron chi connectivity index (χ0n) is 9.96. The van der Waals surface area contributed by atoms with Crippen LogP contribution in [-0.2, 0) is 9.47 Å². The molecule has 0 aromatic heterocycles. The molecule has 2 rings (SSSR count). The third-order valence-electron chi connectivity index (χ3n) is 3.84. The van der Waals surface area contributed by atoms with E-state index < -0.39 is 0 Å². The van der Waals surface area contributed by atoms with E-state index in [9.17, 15) is 0 Å². The van der Waals surface area contributed by atoms with Crippen molar-refractivity contribution in [1.82, 2.24) is 0 Å². The van der Waals surface area contributed by atoms with E-state index in [0.29, 0.717) is 11.5 Å². The Labute approximate surface area is 93.3 Å². The highest BCUT2D eigenvalue weighted by molar-refractivity contribution is 4.78. The van der Waals surface area contributed by atoms with E-state index in [1.165, 1.54) is 44.9 Å². The van der Waals surface area contributed by atoms with E-state index in [4.69, 9.17) is 9.47 Å². The van der Waals surface area contributed by atoms with Gasteiger partial charge in [-0.05, 0) is 31.1 Å². The average molecular weight is 212 g/mol. The molecule has 1 aliphatic heterocycles. The molecule has 1 aliphatic carbocycles. The van der Waals surface area contributed by atoms with Crippen molar-refractivity contribution in [2.24, 2.45) is 5.41 Å². The Balaban J connectivity index is 1.51. The standard InChI is InChI=1S/C13H24O2/c1-13(6-3-2-4-7-13)8-5-9-14-10-12-11-15-12/h12H,2-11H2,1H3. The summed E-state index contributed by atoms with van der Waals surface area (Å²) in [5, 5.41) is 0. The van der Waals surface area contributed by atoms with Crippen LogP contribution in [0.15, 0.2) is 0 Å². The van der Waals surface area contributed by atoms with Crippen molar-refractivity contribution in [2.75, 3.05) is 19.8 Å². The summed E-state index contributed by atoms with van der Waals surface area (Å²) in [6.45, 7) is 5.11. The fraction of sp³-hybridized carbons (Fsp3) is 1.00. The second kappa shape index (κ2) is 5.31. The summed E-state index contributed by atoms with van der Waals surface area (Å²) in [6, 6.07) is 0. The van der Waals surface area contributed by atoms with Crippen LogP contribution >= 0.6 is 0 Å². The summed E-state index contributed by atoms with van der Waals surface area (Å²) in [6.07, 6.45) is 10.2. The number of hydrogen-bond donors (Lipinski definition) is 0. The van der Waals surface area contributed by atoms with Crippen LogP contribution in [0.1, 0.15) is 51.9 Å². The lowest BCUT2D eigenvalue weighted by Crippen LogP contribution is -2.20. The largest absolute Gasteiger partial charge is 0.379 e. The van der Waals surface area contributed by atoms with Crippen molar-refractivity contribution >= 4 is 0 Å². The minimum atomic E-state index is 0.426. The molecule has 0 aromatic rings. The zero-order valence-corrected chi connectivity index (χ0v) is 9.96. The van der Waals surface area contributed by atoms with Gasteiger partial charge >= 0.3 is 0 Å². The number of epoxide rings is 1. The van der Waals surface area contributed by atoms with Gasteiger partial charge in [-0.25, -0.2) is 0 Å². The van der Waals surface area contributed by atoms with Crippen molar-refractivity contribution in [3.8, 4) is 0 Å². The minimum Gasteiger partial charge on any atom is -0.379 e. The molecule has 1 unspecified atom stereocenters. The predicted molar refractivity (Wildman–Crippen MR) is 61.0 cm³/mol. The molecule has 0 bridgehead atoms. The van der Waals surface area contributed by atoms with Crippen LogP contribution in [0.25, 0.3) is 0 Å². The lowest BCUT2D eigenvalue weighted by atomic mass is 9.73. The molecule has 88 valence electrons. The lowest BCUT2D eigenvalue weighted by molar-refractivity contribution is 0.0969. The molecular formula is C13H24O2. The first kappa shape index (κ1) is 11.4. The normalized spacial score (nSPS) is 29.0. The Morgan fingerprint density at radius 1 is 1.27 bits per heavy atom. The summed E-state index contributed by atoms with van der Waals surface area (Å²) in [5.41, 5.74) is 0.623. The van der Waals surface area contributed by atoms with Crippen LogP contribution in [0.2, 0.25) is 0 Å². The first-order valence-electron chi connectivity index (χ1n) is 6.48. The van der Waals surface area contributed by atoms with Crippen LogP contribution in [0.4, 0.5) is 0 Å². The van der Waals surface area contributed by atoms with E-state index in [1.54, 1.807) is 0 Å². The fourth-order valence-corrected chi connectivity index (χ4v) is 2.64. The Hall–Kier alpha value is -0.0800. The van der Waals surface area contributed by atoms with Crippen molar-refractivity contribution in [3.63, 3.8) is 0 Å². The first-order chi connectivity index (χ1) is 7.29. The Morgan fingerprint density at radius 2 is 2.00 bits per heavy atom. The summed E-state index contributed by atoms with van der Waals surface area (Å²) in [4.78, 5) is 0. The monoisotopic (exact) mass is 212 g/mol. The van der Waals surface area contributed by atoms with Gasteiger partial charge in [0.25, 0.3) is 0 Å². The minimum absolute atomic E-state index is 0.426. The lowest BCUT2D eigenvalue weighted by Gasteiger charge is -2.33. The summed E-state index contributed by atoms with van der Waals surface area (Å²) >= 11 is 0. The fourth-order valence-electron chi connectivity index (χ4n) is 2.64. The van der Waals surface area contributed by atoms with E-state index in [2.05, 4.69) is 6.92 Å². The first-order valence-corrected chi connectivity index (χ1v) is 6.48. The molecule has 2 aliphatic rings.